The highest BCUT2D eigenvalue weighted by Crippen LogP contribution is 2.37. The topological polar surface area (TPSA) is 50.7 Å². The van der Waals surface area contributed by atoms with Crippen molar-refractivity contribution in [1.82, 2.24) is 5.32 Å². The lowest BCUT2D eigenvalue weighted by Crippen LogP contribution is -2.51. The number of amides is 1. The van der Waals surface area contributed by atoms with E-state index in [1.807, 2.05) is 6.92 Å². The molecule has 0 bridgehead atoms. The van der Waals surface area contributed by atoms with Gasteiger partial charge in [0.1, 0.15) is 17.5 Å². The third kappa shape index (κ3) is 2.99. The first kappa shape index (κ1) is 14.5. The summed E-state index contributed by atoms with van der Waals surface area (Å²) in [5.41, 5.74) is -0.343. The van der Waals surface area contributed by atoms with Gasteiger partial charge in [0, 0.05) is 6.61 Å². The van der Waals surface area contributed by atoms with E-state index in [1.165, 1.54) is 6.42 Å². The molecule has 0 aromatic heterocycles. The third-order valence-electron chi connectivity index (χ3n) is 4.20. The molecule has 3 atom stereocenters. The van der Waals surface area contributed by atoms with Gasteiger partial charge >= 0.3 is 0 Å². The van der Waals surface area contributed by atoms with Crippen LogP contribution in [0.25, 0.3) is 0 Å². The maximum Gasteiger partial charge on any atom is 0.250 e. The number of nitrogens with zero attached hydrogens (tertiary/aromatic N) is 1. The van der Waals surface area contributed by atoms with Crippen molar-refractivity contribution in [2.75, 3.05) is 6.61 Å². The second-order valence-electron chi connectivity index (χ2n) is 5.90. The highest BCUT2D eigenvalue weighted by molar-refractivity contribution is 6.09. The second kappa shape index (κ2) is 6.04. The molecular formula is C15H26N2O2. The minimum absolute atomic E-state index is 0.0501. The number of rotatable bonds is 5. The first-order valence-corrected chi connectivity index (χ1v) is 7.64. The molecule has 2 aliphatic rings. The zero-order valence-electron chi connectivity index (χ0n) is 12.4. The molecule has 1 amide bonds. The minimum atomic E-state index is -0.343. The molecule has 1 fully saturated rings. The summed E-state index contributed by atoms with van der Waals surface area (Å²) in [5, 5.41) is 2.99. The van der Waals surface area contributed by atoms with Crippen LogP contribution in [0.15, 0.2) is 4.99 Å². The second-order valence-corrected chi connectivity index (χ2v) is 5.90. The number of carbonyl (C=O) groups is 1. The fourth-order valence-electron chi connectivity index (χ4n) is 3.34. The van der Waals surface area contributed by atoms with Crippen LogP contribution in [0.3, 0.4) is 0 Å². The van der Waals surface area contributed by atoms with Gasteiger partial charge < -0.3 is 10.1 Å². The Balaban J connectivity index is 2.19. The fraction of sp³-hybridized carbons (Fsp3) is 0.867. The molecule has 4 nitrogen and oxygen atoms in total. The summed E-state index contributed by atoms with van der Waals surface area (Å²) < 4.78 is 6.05. The van der Waals surface area contributed by atoms with Crippen molar-refractivity contribution in [3.63, 3.8) is 0 Å². The zero-order valence-corrected chi connectivity index (χ0v) is 12.4. The van der Waals surface area contributed by atoms with E-state index in [-0.39, 0.29) is 17.6 Å². The summed E-state index contributed by atoms with van der Waals surface area (Å²) in [4.78, 5) is 16.6. The van der Waals surface area contributed by atoms with Crippen LogP contribution in [0.5, 0.6) is 0 Å². The minimum Gasteiger partial charge on any atom is -0.367 e. The Morgan fingerprint density at radius 3 is 2.89 bits per heavy atom. The molecule has 1 N–H and O–H groups in total. The van der Waals surface area contributed by atoms with Crippen LogP contribution < -0.4 is 5.32 Å². The molecule has 0 aromatic carbocycles. The van der Waals surface area contributed by atoms with E-state index in [4.69, 9.17) is 4.74 Å². The number of aliphatic imine (C=N–C) groups is 1. The maximum atomic E-state index is 12.0. The van der Waals surface area contributed by atoms with Gasteiger partial charge in [-0.15, -0.1) is 0 Å². The first-order chi connectivity index (χ1) is 9.11. The number of hydrogen-bond acceptors (Lipinski definition) is 3. The molecule has 1 saturated carbocycles. The van der Waals surface area contributed by atoms with Crippen LogP contribution in [0.4, 0.5) is 0 Å². The molecule has 2 rings (SSSR count). The lowest BCUT2D eigenvalue weighted by molar-refractivity contribution is -0.120. The van der Waals surface area contributed by atoms with Gasteiger partial charge in [-0.1, -0.05) is 26.7 Å². The summed E-state index contributed by atoms with van der Waals surface area (Å²) in [6.45, 7) is 7.03. The smallest absolute Gasteiger partial charge is 0.250 e. The van der Waals surface area contributed by atoms with Crippen molar-refractivity contribution in [2.24, 2.45) is 10.9 Å². The first-order valence-electron chi connectivity index (χ1n) is 7.64. The predicted molar refractivity (Wildman–Crippen MR) is 76.3 cm³/mol. The molecule has 1 aliphatic heterocycles. The molecule has 0 radical (unpaired) electrons. The Kier molecular flexibility index (Phi) is 4.61. The summed E-state index contributed by atoms with van der Waals surface area (Å²) in [6.07, 6.45) is 6.14. The zero-order chi connectivity index (χ0) is 13.9. The number of carbonyl (C=O) groups excluding carboxylic acids is 1. The SMILES string of the molecule is CCCC1N=C(C2(OCC)CCCC(C)C2)NC1=O. The number of ether oxygens (including phenoxy) is 1. The quantitative estimate of drug-likeness (QED) is 0.831. The van der Waals surface area contributed by atoms with Crippen molar-refractivity contribution in [2.45, 2.75) is 70.9 Å². The molecule has 0 saturated heterocycles. The highest BCUT2D eigenvalue weighted by Gasteiger charge is 2.44. The van der Waals surface area contributed by atoms with Gasteiger partial charge in [0.2, 0.25) is 5.91 Å². The van der Waals surface area contributed by atoms with E-state index in [1.54, 1.807) is 0 Å². The van der Waals surface area contributed by atoms with E-state index in [0.29, 0.717) is 12.5 Å². The van der Waals surface area contributed by atoms with Crippen LogP contribution in [0, 0.1) is 5.92 Å². The average Bonchev–Trinajstić information content (AvgIpc) is 2.73. The molecule has 1 heterocycles. The van der Waals surface area contributed by atoms with E-state index in [9.17, 15) is 4.79 Å². The number of nitrogens with one attached hydrogen (secondary N) is 1. The van der Waals surface area contributed by atoms with Crippen molar-refractivity contribution < 1.29 is 9.53 Å². The van der Waals surface area contributed by atoms with E-state index in [0.717, 1.165) is 37.9 Å². The van der Waals surface area contributed by atoms with Crippen molar-refractivity contribution in [3.05, 3.63) is 0 Å². The van der Waals surface area contributed by atoms with Crippen LogP contribution >= 0.6 is 0 Å². The molecule has 1 aliphatic carbocycles. The van der Waals surface area contributed by atoms with Gasteiger partial charge in [-0.2, -0.15) is 0 Å². The standard InChI is InChI=1S/C15H26N2O2/c1-4-7-12-13(18)17-14(16-12)15(19-5-2)9-6-8-11(3)10-15/h11-12H,4-10H2,1-3H3,(H,16,17,18). The average molecular weight is 266 g/mol. The maximum absolute atomic E-state index is 12.0. The van der Waals surface area contributed by atoms with Crippen molar-refractivity contribution >= 4 is 11.7 Å². The normalized spacial score (nSPS) is 35.1. The Morgan fingerprint density at radius 2 is 2.26 bits per heavy atom. The largest absolute Gasteiger partial charge is 0.367 e. The summed E-state index contributed by atoms with van der Waals surface area (Å²) in [7, 11) is 0. The van der Waals surface area contributed by atoms with Gasteiger partial charge in [0.05, 0.1) is 0 Å². The van der Waals surface area contributed by atoms with Gasteiger partial charge in [0.15, 0.2) is 0 Å². The number of hydrogen-bond donors (Lipinski definition) is 1. The monoisotopic (exact) mass is 266 g/mol. The summed E-state index contributed by atoms with van der Waals surface area (Å²) in [5.74, 6) is 1.48. The predicted octanol–water partition coefficient (Wildman–Crippen LogP) is 2.67. The van der Waals surface area contributed by atoms with Crippen LogP contribution in [-0.4, -0.2) is 30.0 Å². The van der Waals surface area contributed by atoms with E-state index in [2.05, 4.69) is 24.2 Å². The highest BCUT2D eigenvalue weighted by atomic mass is 16.5. The van der Waals surface area contributed by atoms with Crippen molar-refractivity contribution in [3.8, 4) is 0 Å². The number of amidine groups is 1. The molecule has 0 aromatic rings. The Labute approximate surface area is 116 Å². The lowest BCUT2D eigenvalue weighted by atomic mass is 9.78. The summed E-state index contributed by atoms with van der Waals surface area (Å²) in [6, 6.07) is -0.199. The summed E-state index contributed by atoms with van der Waals surface area (Å²) >= 11 is 0. The van der Waals surface area contributed by atoms with Crippen LogP contribution in [0.2, 0.25) is 0 Å². The van der Waals surface area contributed by atoms with Crippen molar-refractivity contribution in [1.29, 1.82) is 0 Å². The van der Waals surface area contributed by atoms with E-state index >= 15 is 0 Å². The molecule has 3 unspecified atom stereocenters. The van der Waals surface area contributed by atoms with Crippen LogP contribution in [-0.2, 0) is 9.53 Å². The van der Waals surface area contributed by atoms with Gasteiger partial charge in [-0.05, 0) is 38.5 Å². The molecule has 4 heteroatoms. The third-order valence-corrected chi connectivity index (χ3v) is 4.20. The molecular weight excluding hydrogens is 240 g/mol. The Morgan fingerprint density at radius 1 is 1.47 bits per heavy atom. The molecule has 0 spiro atoms. The molecule has 108 valence electrons. The fourth-order valence-corrected chi connectivity index (χ4v) is 3.34. The van der Waals surface area contributed by atoms with Gasteiger partial charge in [-0.3, -0.25) is 9.79 Å². The van der Waals surface area contributed by atoms with E-state index < -0.39 is 0 Å². The lowest BCUT2D eigenvalue weighted by Gasteiger charge is -2.39. The van der Waals surface area contributed by atoms with Crippen LogP contribution in [0.1, 0.15) is 59.3 Å². The van der Waals surface area contributed by atoms with Gasteiger partial charge in [-0.25, -0.2) is 0 Å². The Hall–Kier alpha value is -0.900. The molecule has 19 heavy (non-hydrogen) atoms. The van der Waals surface area contributed by atoms with Gasteiger partial charge in [0.25, 0.3) is 0 Å². The Bertz CT molecular complexity index is 363.